The summed E-state index contributed by atoms with van der Waals surface area (Å²) in [7, 11) is 0. The smallest absolute Gasteiger partial charge is 0.139 e. The van der Waals surface area contributed by atoms with E-state index >= 15 is 0 Å². The van der Waals surface area contributed by atoms with Crippen molar-refractivity contribution in [3.05, 3.63) is 199 Å². The molecule has 1 aliphatic heterocycles. The van der Waals surface area contributed by atoms with Crippen LogP contribution in [-0.2, 0) is 31.9 Å². The summed E-state index contributed by atoms with van der Waals surface area (Å²) in [4.78, 5) is 9.58. The van der Waals surface area contributed by atoms with Crippen LogP contribution in [0.1, 0.15) is 63.8 Å². The molecule has 1 aliphatic rings. The minimum atomic E-state index is -0.0380. The van der Waals surface area contributed by atoms with Gasteiger partial charge in [0, 0.05) is 66.9 Å². The Balaban J connectivity index is 0.00000518. The van der Waals surface area contributed by atoms with Gasteiger partial charge in [-0.1, -0.05) is 138 Å². The molecule has 0 radical (unpaired) electrons. The Hall–Kier alpha value is -6.42. The second-order valence-corrected chi connectivity index (χ2v) is 18.8. The number of fused-ring (bicyclic) bond motifs is 4. The number of ether oxygens (including phenoxy) is 1. The Bertz CT molecular complexity index is 3170. The summed E-state index contributed by atoms with van der Waals surface area (Å²) in [5.41, 5.74) is 15.8. The SMILES string of the molecule is Cc1cnc(-n2c3[c-]c(Oc4[c-]c(N5[CH-]N(c6cc(-c7ccccc7)cc(C(C)(C)C)c6)c6ccccc65)ccc4)ccc3c3ccccc32)c(C)c1-c1ccc(C(C)(C)C)cc1.[Pt]. The van der Waals surface area contributed by atoms with E-state index in [1.54, 1.807) is 0 Å². The van der Waals surface area contributed by atoms with Crippen molar-refractivity contribution in [1.82, 2.24) is 9.55 Å². The third-order valence-corrected chi connectivity index (χ3v) is 12.3. The van der Waals surface area contributed by atoms with Crippen LogP contribution in [0.3, 0.4) is 0 Å². The zero-order chi connectivity index (χ0) is 43.6. The number of benzene rings is 7. The number of pyridine rings is 1. The van der Waals surface area contributed by atoms with Crippen LogP contribution in [0.15, 0.2) is 158 Å². The van der Waals surface area contributed by atoms with Crippen molar-refractivity contribution in [3.63, 3.8) is 0 Å². The average molecular weight is 1020 g/mol. The standard InChI is InChI=1S/C58H51N4O.Pt/c1-38-36-59-56(39(2)55(38)41-25-27-43(28-26-41)57(3,4)5)62-51-22-13-12-21-49(51)50-30-29-48(35-54(50)62)63-47-20-16-19-45(34-47)60-37-61(53-24-15-14-23-52(53)60)46-32-42(40-17-10-9-11-18-40)31-44(33-46)58(6,7)8;/h9-33,36-37H,1-8H3;/q-3;. The predicted octanol–water partition coefficient (Wildman–Crippen LogP) is 15.5. The first-order chi connectivity index (χ1) is 30.3. The first-order valence-electron chi connectivity index (χ1n) is 21.8. The fraction of sp³-hybridized carbons (Fsp3) is 0.172. The summed E-state index contributed by atoms with van der Waals surface area (Å²) in [6, 6.07) is 61.1. The van der Waals surface area contributed by atoms with Crippen molar-refractivity contribution in [1.29, 1.82) is 0 Å². The topological polar surface area (TPSA) is 33.5 Å². The van der Waals surface area contributed by atoms with E-state index in [0.717, 1.165) is 61.5 Å². The fourth-order valence-corrected chi connectivity index (χ4v) is 8.93. The molecule has 0 saturated heterocycles. The zero-order valence-corrected chi connectivity index (χ0v) is 39.9. The zero-order valence-electron chi connectivity index (χ0n) is 37.6. The molecule has 0 aliphatic carbocycles. The first-order valence-corrected chi connectivity index (χ1v) is 21.8. The second kappa shape index (κ2) is 16.6. The largest absolute Gasteiger partial charge is 0.509 e. The summed E-state index contributed by atoms with van der Waals surface area (Å²) < 4.78 is 8.91. The van der Waals surface area contributed by atoms with Crippen molar-refractivity contribution >= 4 is 44.6 Å². The molecular formula is C58H51N4OPt-3. The van der Waals surface area contributed by atoms with E-state index < -0.39 is 0 Å². The number of aryl methyl sites for hydroxylation is 1. The molecule has 6 heteroatoms. The number of hydrogen-bond acceptors (Lipinski definition) is 4. The van der Waals surface area contributed by atoms with Gasteiger partial charge in [-0.25, -0.2) is 4.98 Å². The predicted molar refractivity (Wildman–Crippen MR) is 262 cm³/mol. The Morgan fingerprint density at radius 1 is 0.562 bits per heavy atom. The van der Waals surface area contributed by atoms with Gasteiger partial charge in [0.2, 0.25) is 0 Å². The summed E-state index contributed by atoms with van der Waals surface area (Å²) in [6.45, 7) is 20.1. The molecule has 0 spiro atoms. The van der Waals surface area contributed by atoms with Crippen molar-refractivity contribution in [2.24, 2.45) is 0 Å². The van der Waals surface area contributed by atoms with Crippen LogP contribution in [0.5, 0.6) is 11.5 Å². The maximum Gasteiger partial charge on any atom is 0.139 e. The van der Waals surface area contributed by atoms with Gasteiger partial charge in [-0.15, -0.1) is 48.1 Å². The molecule has 322 valence electrons. The van der Waals surface area contributed by atoms with Crippen LogP contribution >= 0.6 is 0 Å². The summed E-state index contributed by atoms with van der Waals surface area (Å²) in [5, 5.41) is 2.22. The quantitative estimate of drug-likeness (QED) is 0.149. The molecule has 9 aromatic rings. The summed E-state index contributed by atoms with van der Waals surface area (Å²) in [5.74, 6) is 2.07. The molecule has 0 unspecified atom stereocenters. The van der Waals surface area contributed by atoms with Crippen molar-refractivity contribution in [2.45, 2.75) is 66.2 Å². The number of nitrogens with zero attached hydrogens (tertiary/aromatic N) is 4. The molecule has 64 heavy (non-hydrogen) atoms. The van der Waals surface area contributed by atoms with Gasteiger partial charge in [-0.05, 0) is 99.3 Å². The molecule has 0 bridgehead atoms. The third-order valence-electron chi connectivity index (χ3n) is 12.3. The van der Waals surface area contributed by atoms with Crippen LogP contribution in [0, 0.1) is 32.6 Å². The maximum absolute atomic E-state index is 6.67. The Morgan fingerprint density at radius 3 is 1.97 bits per heavy atom. The number of para-hydroxylation sites is 3. The molecule has 0 N–H and O–H groups in total. The Labute approximate surface area is 392 Å². The van der Waals surface area contributed by atoms with Crippen LogP contribution in [0.2, 0.25) is 0 Å². The molecule has 2 aromatic heterocycles. The van der Waals surface area contributed by atoms with Gasteiger partial charge in [0.25, 0.3) is 0 Å². The van der Waals surface area contributed by atoms with Gasteiger partial charge >= 0.3 is 0 Å². The van der Waals surface area contributed by atoms with Gasteiger partial charge in [0.1, 0.15) is 5.82 Å². The van der Waals surface area contributed by atoms with Crippen molar-refractivity contribution in [3.8, 4) is 39.6 Å². The number of anilines is 4. The molecule has 3 heterocycles. The first kappa shape index (κ1) is 42.9. The van der Waals surface area contributed by atoms with Crippen LogP contribution in [0.25, 0.3) is 49.9 Å². The minimum absolute atomic E-state index is 0. The van der Waals surface area contributed by atoms with Gasteiger partial charge < -0.3 is 19.1 Å². The van der Waals surface area contributed by atoms with Crippen molar-refractivity contribution < 1.29 is 25.8 Å². The molecule has 0 atom stereocenters. The molecule has 10 rings (SSSR count). The van der Waals surface area contributed by atoms with Crippen LogP contribution < -0.4 is 14.5 Å². The van der Waals surface area contributed by atoms with E-state index in [1.165, 1.54) is 33.4 Å². The molecule has 5 nitrogen and oxygen atoms in total. The van der Waals surface area contributed by atoms with E-state index in [1.807, 2.05) is 24.4 Å². The van der Waals surface area contributed by atoms with Crippen LogP contribution in [-0.4, -0.2) is 9.55 Å². The maximum atomic E-state index is 6.67. The fourth-order valence-electron chi connectivity index (χ4n) is 8.93. The van der Waals surface area contributed by atoms with Gasteiger partial charge in [0.05, 0.1) is 0 Å². The molecular weight excluding hydrogens is 964 g/mol. The van der Waals surface area contributed by atoms with E-state index in [0.29, 0.717) is 11.5 Å². The Kier molecular flexibility index (Phi) is 11.1. The summed E-state index contributed by atoms with van der Waals surface area (Å²) in [6.07, 6.45) is 1.99. The van der Waals surface area contributed by atoms with Gasteiger partial charge in [-0.2, -0.15) is 12.1 Å². The normalized spacial score (nSPS) is 12.8. The van der Waals surface area contributed by atoms with E-state index in [9.17, 15) is 0 Å². The molecule has 0 fully saturated rings. The van der Waals surface area contributed by atoms with E-state index in [-0.39, 0.29) is 31.9 Å². The van der Waals surface area contributed by atoms with E-state index in [2.05, 4.69) is 222 Å². The van der Waals surface area contributed by atoms with Gasteiger partial charge in [0.15, 0.2) is 0 Å². The third kappa shape index (κ3) is 7.81. The molecule has 0 saturated carbocycles. The monoisotopic (exact) mass is 1010 g/mol. The number of hydrogen-bond donors (Lipinski definition) is 0. The van der Waals surface area contributed by atoms with E-state index in [4.69, 9.17) is 9.72 Å². The van der Waals surface area contributed by atoms with Crippen LogP contribution in [0.4, 0.5) is 22.7 Å². The second-order valence-electron chi connectivity index (χ2n) is 18.8. The van der Waals surface area contributed by atoms with Crippen molar-refractivity contribution in [2.75, 3.05) is 9.80 Å². The average Bonchev–Trinajstić information content (AvgIpc) is 3.83. The minimum Gasteiger partial charge on any atom is -0.509 e. The number of aromatic nitrogens is 2. The summed E-state index contributed by atoms with van der Waals surface area (Å²) >= 11 is 0. The number of rotatable bonds is 7. The molecule has 0 amide bonds. The Morgan fingerprint density at radius 2 is 1.23 bits per heavy atom. The van der Waals surface area contributed by atoms with Gasteiger partial charge in [-0.3, -0.25) is 0 Å². The molecule has 7 aromatic carbocycles.